The van der Waals surface area contributed by atoms with Crippen LogP contribution in [-0.2, 0) is 78.4 Å². The van der Waals surface area contributed by atoms with Crippen LogP contribution >= 0.6 is 11.3 Å². The third-order valence-corrected chi connectivity index (χ3v) is 17.0. The molecule has 0 amide bonds. The van der Waals surface area contributed by atoms with E-state index in [2.05, 4.69) is 40.8 Å². The van der Waals surface area contributed by atoms with Crippen molar-refractivity contribution in [3.8, 4) is 34.3 Å². The lowest BCUT2D eigenvalue weighted by Crippen LogP contribution is -2.08. The first-order valence-corrected chi connectivity index (χ1v) is 33.8. The Labute approximate surface area is 507 Å². The number of rotatable bonds is 18. The number of hydrogen-bond donors (Lipinski definition) is 8. The second-order valence-corrected chi connectivity index (χ2v) is 26.6. The standard InChI is InChI=1S/C47H37N9O19S6.2O3S/c1-24-16-37(38(75-14-5-15-77(60,61)62)22-36(24)51-54-47-48-33-11-8-25(23-57)17-39(33)76-47)52-49-34-12-10-30-29(44(34)58)9-13-35(45(30)81(72,73)74)50-53-43-42(26-6-3-2-4-7-26)55-56(46(43)59)27-18-31-32(40(19-27)79(66,67)68)20-28(78(63,64)65)21-41(31)80(69,70)71;2*1-4(2)3/h2-4,6-13,16-22,57-59H,5,14-15,23H2,1H3,(H,60,61,62)(H,63,64,65)(H,66,67,68)(H,69,70,71)(H,72,73,74);;. The zero-order valence-corrected chi connectivity index (χ0v) is 50.6. The topological polar surface area (TPSA) is 549 Å². The molecule has 0 spiro atoms. The Morgan fingerprint density at radius 1 is 0.584 bits per heavy atom. The quantitative estimate of drug-likeness (QED) is 0.0233. The van der Waals surface area contributed by atoms with E-state index in [4.69, 9.17) is 30.0 Å². The lowest BCUT2D eigenvalue weighted by Gasteiger charge is -2.13. The lowest BCUT2D eigenvalue weighted by atomic mass is 10.1. The number of aryl methyl sites for hydroxylation is 1. The third kappa shape index (κ3) is 16.8. The number of thiazole rings is 1. The number of ether oxygens (including phenoxy) is 1. The highest BCUT2D eigenvalue weighted by Gasteiger charge is 2.29. The molecule has 468 valence electrons. The fourth-order valence-corrected chi connectivity index (χ4v) is 12.3. The summed E-state index contributed by atoms with van der Waals surface area (Å²) in [6.07, 6.45) is -0.148. The maximum Gasteiger partial charge on any atom is 0.425 e. The van der Waals surface area contributed by atoms with Gasteiger partial charge in [-0.05, 0) is 85.1 Å². The summed E-state index contributed by atoms with van der Waals surface area (Å²) in [5.74, 6) is -2.30. The highest BCUT2D eigenvalue weighted by Crippen LogP contribution is 2.46. The molecule has 34 nitrogen and oxygen atoms in total. The van der Waals surface area contributed by atoms with Crippen LogP contribution in [0.3, 0.4) is 0 Å². The van der Waals surface area contributed by atoms with Gasteiger partial charge in [0.25, 0.3) is 50.6 Å². The van der Waals surface area contributed by atoms with Gasteiger partial charge in [-0.15, -0.1) is 55.9 Å². The van der Waals surface area contributed by atoms with E-state index in [1.165, 1.54) is 53.8 Å². The summed E-state index contributed by atoms with van der Waals surface area (Å²) in [4.78, 5) is -0.140. The Morgan fingerprint density at radius 3 is 1.78 bits per heavy atom. The second-order valence-electron chi connectivity index (χ2n) is 17.7. The number of aliphatic hydroxyl groups is 1. The zero-order valence-electron chi connectivity index (χ0n) is 44.0. The number of aliphatic hydroxyl groups excluding tert-OH is 1. The molecule has 0 saturated carbocycles. The maximum atomic E-state index is 13.2. The van der Waals surface area contributed by atoms with Crippen molar-refractivity contribution in [1.29, 1.82) is 0 Å². The van der Waals surface area contributed by atoms with Gasteiger partial charge in [-0.2, -0.15) is 51.9 Å². The molecular formula is C47H37N9O25S8. The molecule has 42 heteroatoms. The molecule has 0 bridgehead atoms. The minimum absolute atomic E-state index is 0.00439. The molecule has 9 rings (SSSR count). The summed E-state index contributed by atoms with van der Waals surface area (Å²) in [7, 11) is -32.0. The SMILES string of the molecule is Cc1cc(N=Nc2ccc3c(S(=O)(=O)O)c(N=Nc4c(-c5ccccc5)nn(-c5cc(S(=O)(=O)O)c6cc(S(=O)(=O)O)cc(S(=O)(=O)O)c6c5)c4O)ccc3c2O)c(OCCCS(=O)(=O)O)cc1N=Nc1nc2ccc(CO)cc2s1.O=S(=O)=O.O=S(=O)=O. The summed E-state index contributed by atoms with van der Waals surface area (Å²) in [6.45, 7) is 1.24. The molecule has 0 radical (unpaired) electrons. The monoisotopic (exact) mass is 1380 g/mol. The molecule has 9 aromatic rings. The summed E-state index contributed by atoms with van der Waals surface area (Å²) < 4.78 is 232. The highest BCUT2D eigenvalue weighted by atomic mass is 32.2. The van der Waals surface area contributed by atoms with Crippen molar-refractivity contribution in [3.05, 3.63) is 120 Å². The number of hydrogen-bond acceptors (Lipinski definition) is 29. The number of aromatic nitrogens is 3. The van der Waals surface area contributed by atoms with Crippen LogP contribution in [0.2, 0.25) is 0 Å². The average Bonchev–Trinajstić information content (AvgIpc) is 1.60. The third-order valence-electron chi connectivity index (χ3n) is 11.7. The Morgan fingerprint density at radius 2 is 1.17 bits per heavy atom. The van der Waals surface area contributed by atoms with Gasteiger partial charge in [0.2, 0.25) is 11.0 Å². The summed E-state index contributed by atoms with van der Waals surface area (Å²) in [5.41, 5.74) is -0.000198. The van der Waals surface area contributed by atoms with Gasteiger partial charge in [-0.3, -0.25) is 22.8 Å². The molecule has 0 fully saturated rings. The van der Waals surface area contributed by atoms with Crippen LogP contribution in [0.25, 0.3) is 48.7 Å². The fourth-order valence-electron chi connectivity index (χ4n) is 8.08. The molecule has 7 aromatic carbocycles. The highest BCUT2D eigenvalue weighted by molar-refractivity contribution is 7.87. The van der Waals surface area contributed by atoms with Gasteiger partial charge in [0.05, 0.1) is 45.5 Å². The van der Waals surface area contributed by atoms with Crippen molar-refractivity contribution in [3.63, 3.8) is 0 Å². The first kappa shape index (κ1) is 67.6. The molecule has 89 heavy (non-hydrogen) atoms. The number of phenolic OH excluding ortho intramolecular Hbond substituents is 1. The number of phenols is 1. The molecule has 0 atom stereocenters. The van der Waals surface area contributed by atoms with Gasteiger partial charge in [0.15, 0.2) is 11.4 Å². The van der Waals surface area contributed by atoms with Crippen LogP contribution in [-0.4, -0.2) is 133 Å². The maximum absolute atomic E-state index is 13.2. The largest absolute Gasteiger partial charge is 0.505 e. The summed E-state index contributed by atoms with van der Waals surface area (Å²) in [6, 6.07) is 22.4. The molecule has 0 aliphatic carbocycles. The number of fused-ring (bicyclic) bond motifs is 3. The Kier molecular flexibility index (Phi) is 20.4. The van der Waals surface area contributed by atoms with Crippen molar-refractivity contribution in [2.45, 2.75) is 39.5 Å². The van der Waals surface area contributed by atoms with E-state index in [0.29, 0.717) is 39.5 Å². The summed E-state index contributed by atoms with van der Waals surface area (Å²) >= 11 is 1.22. The predicted octanol–water partition coefficient (Wildman–Crippen LogP) is 7.55. The minimum atomic E-state index is -5.45. The van der Waals surface area contributed by atoms with Crippen molar-refractivity contribution in [1.82, 2.24) is 14.8 Å². The molecular weight excluding hydrogens is 1350 g/mol. The van der Waals surface area contributed by atoms with Gasteiger partial charge in [-0.25, -0.2) is 4.98 Å². The van der Waals surface area contributed by atoms with E-state index in [1.807, 2.05) is 0 Å². The lowest BCUT2D eigenvalue weighted by molar-refractivity contribution is 0.282. The van der Waals surface area contributed by atoms with Crippen molar-refractivity contribution in [2.24, 2.45) is 30.7 Å². The zero-order chi connectivity index (χ0) is 65.7. The summed E-state index contributed by atoms with van der Waals surface area (Å²) in [5, 5.41) is 60.3. The fraction of sp³-hybridized carbons (Fsp3) is 0.106. The molecule has 0 aliphatic heterocycles. The Balaban J connectivity index is 0.00000133. The molecule has 0 unspecified atom stereocenters. The van der Waals surface area contributed by atoms with E-state index >= 15 is 0 Å². The number of aromatic hydroxyl groups is 2. The van der Waals surface area contributed by atoms with Crippen molar-refractivity contribution < 1.29 is 110 Å². The van der Waals surface area contributed by atoms with E-state index in [-0.39, 0.29) is 69.6 Å². The van der Waals surface area contributed by atoms with E-state index in [9.17, 15) is 80.2 Å². The first-order valence-electron chi connectivity index (χ1n) is 23.6. The molecule has 0 aliphatic rings. The van der Waals surface area contributed by atoms with Crippen LogP contribution in [0.15, 0.2) is 159 Å². The molecule has 0 saturated heterocycles. The molecule has 2 aromatic heterocycles. The normalized spacial score (nSPS) is 12.4. The number of nitrogens with zero attached hydrogens (tertiary/aromatic N) is 9. The molecule has 8 N–H and O–H groups in total. The Hall–Kier alpha value is -8.89. The first-order chi connectivity index (χ1) is 41.4. The van der Waals surface area contributed by atoms with E-state index in [0.717, 1.165) is 29.0 Å². The van der Waals surface area contributed by atoms with Gasteiger partial charge in [-0.1, -0.05) is 53.8 Å². The van der Waals surface area contributed by atoms with Crippen LogP contribution in [0.4, 0.5) is 33.6 Å². The van der Waals surface area contributed by atoms with Gasteiger partial charge < -0.3 is 20.1 Å². The van der Waals surface area contributed by atoms with Crippen LogP contribution in [0.1, 0.15) is 17.5 Å². The number of azo groups is 3. The Bertz CT molecular complexity index is 5240. The van der Waals surface area contributed by atoms with Crippen LogP contribution in [0, 0.1) is 6.92 Å². The smallest absolute Gasteiger partial charge is 0.425 e. The van der Waals surface area contributed by atoms with Crippen molar-refractivity contribution >= 4 is 148 Å². The predicted molar refractivity (Wildman–Crippen MR) is 308 cm³/mol. The van der Waals surface area contributed by atoms with Crippen molar-refractivity contribution in [2.75, 3.05) is 12.4 Å². The average molecular weight is 1380 g/mol. The van der Waals surface area contributed by atoms with Gasteiger partial charge in [0, 0.05) is 33.2 Å². The van der Waals surface area contributed by atoms with E-state index in [1.54, 1.807) is 31.2 Å². The van der Waals surface area contributed by atoms with E-state index < -0.39 is 137 Å². The molecule has 2 heterocycles. The van der Waals surface area contributed by atoms with Gasteiger partial charge >= 0.3 is 21.2 Å². The second kappa shape index (κ2) is 26.8. The van der Waals surface area contributed by atoms with Crippen LogP contribution in [0.5, 0.6) is 17.4 Å². The van der Waals surface area contributed by atoms with Crippen LogP contribution < -0.4 is 4.74 Å². The number of benzene rings is 7. The minimum Gasteiger partial charge on any atom is -0.505 e. The van der Waals surface area contributed by atoms with Gasteiger partial charge in [0.1, 0.15) is 43.2 Å².